The average Bonchev–Trinajstić information content (AvgIpc) is 3.31. The second-order valence-electron chi connectivity index (χ2n) is 26.1. The van der Waals surface area contributed by atoms with Crippen LogP contribution in [0.4, 0.5) is 0 Å². The molecular weight excluding hydrogens is 969 g/mol. The maximum absolute atomic E-state index is 12.6. The summed E-state index contributed by atoms with van der Waals surface area (Å²) in [6.07, 6.45) is 6.74. The van der Waals surface area contributed by atoms with Gasteiger partial charge in [0, 0.05) is 56.0 Å². The third-order valence-electron chi connectivity index (χ3n) is 16.9. The van der Waals surface area contributed by atoms with Gasteiger partial charge < -0.3 is 46.6 Å². The number of nitrogens with zero attached hydrogens (tertiary/aromatic N) is 2. The lowest BCUT2D eigenvalue weighted by molar-refractivity contribution is -0.973. The molecule has 0 radical (unpaired) electrons. The lowest BCUT2D eigenvalue weighted by Crippen LogP contribution is -3.00. The van der Waals surface area contributed by atoms with Gasteiger partial charge in [0.2, 0.25) is 0 Å². The number of rotatable bonds is 7. The zero-order valence-electron chi connectivity index (χ0n) is 45.7. The summed E-state index contributed by atoms with van der Waals surface area (Å²) in [4.78, 5) is 4.64. The predicted octanol–water partition coefficient (Wildman–Crippen LogP) is 10.7. The molecule has 1 aromatic heterocycles. The minimum atomic E-state index is -0.682. The number of halogens is 1. The third kappa shape index (κ3) is 10.7. The summed E-state index contributed by atoms with van der Waals surface area (Å²) >= 11 is 0. The lowest BCUT2D eigenvalue weighted by atomic mass is 9.71. The number of phenolic OH excluding ortho intramolecular Hbond substituents is 3. The molecule has 1 aliphatic carbocycles. The summed E-state index contributed by atoms with van der Waals surface area (Å²) in [6, 6.07) is 27.4. The minimum Gasteiger partial charge on any atom is -1.00 e. The molecule has 3 saturated heterocycles. The highest BCUT2D eigenvalue weighted by molar-refractivity contribution is 5.82. The highest BCUT2D eigenvalue weighted by Crippen LogP contribution is 2.48. The highest BCUT2D eigenvalue weighted by Gasteiger charge is 2.54. The summed E-state index contributed by atoms with van der Waals surface area (Å²) in [7, 11) is 0. The molecular formula is C65H81BrN2O5. The fourth-order valence-corrected chi connectivity index (χ4v) is 12.2. The van der Waals surface area contributed by atoms with E-state index in [1.807, 2.05) is 30.5 Å². The zero-order chi connectivity index (χ0) is 51.9. The van der Waals surface area contributed by atoms with Crippen molar-refractivity contribution in [3.8, 4) is 23.0 Å². The zero-order valence-corrected chi connectivity index (χ0v) is 47.3. The van der Waals surface area contributed by atoms with Gasteiger partial charge in [0.05, 0.1) is 18.6 Å². The van der Waals surface area contributed by atoms with Crippen LogP contribution in [0.3, 0.4) is 0 Å². The van der Waals surface area contributed by atoms with Gasteiger partial charge in [-0.25, -0.2) is 0 Å². The maximum atomic E-state index is 12.6. The molecule has 10 rings (SSSR count). The molecule has 5 atom stereocenters. The number of para-hydroxylation sites is 1. The van der Waals surface area contributed by atoms with E-state index in [0.29, 0.717) is 50.7 Å². The van der Waals surface area contributed by atoms with E-state index < -0.39 is 6.10 Å². The second-order valence-corrected chi connectivity index (χ2v) is 26.1. The van der Waals surface area contributed by atoms with Gasteiger partial charge in [-0.3, -0.25) is 4.98 Å². The molecule has 4 aliphatic rings. The molecule has 3 fully saturated rings. The first-order chi connectivity index (χ1) is 33.7. The number of aliphatic hydroxyl groups excluding tert-OH is 1. The van der Waals surface area contributed by atoms with E-state index in [2.05, 4.69) is 155 Å². The van der Waals surface area contributed by atoms with E-state index >= 15 is 0 Å². The first-order valence-corrected chi connectivity index (χ1v) is 26.6. The standard InChI is InChI=1S/C65H80N2O5.BrH/c1-14-39-38-67(22-20-40(39)37-56(67)60(71)54-19-21-66-55-18-16-15-17-53(54)55)23-24-72-61-47-27-45-33-50(63(5,6)7)31-43(58(45)69)25-41-29-49(62(2,3)4)30-42(57(41)68)26-44-32-51(64(8,9)10)34-46(59(44)70)28-48(61)36-52(35-47)65(11,12)13;/h14-19,21,29-36,39-40,56,60,71H,1,20,22-28,37-38H2,2-13H3,(H2-,68,69,70);1H/t39-,40-,56+,60-,67?;/m0./s1. The van der Waals surface area contributed by atoms with Crippen molar-refractivity contribution in [1.29, 1.82) is 0 Å². The topological polar surface area (TPSA) is 103 Å². The average molecular weight is 1050 g/mol. The number of quaternary nitrogens is 1. The molecule has 1 unspecified atom stereocenters. The Balaban J connectivity index is 0.00000711. The molecule has 73 heavy (non-hydrogen) atoms. The molecule has 3 aliphatic heterocycles. The number of benzene rings is 5. The number of aromatic nitrogens is 1. The Morgan fingerprint density at radius 1 is 0.630 bits per heavy atom. The van der Waals surface area contributed by atoms with Crippen LogP contribution in [0.1, 0.15) is 174 Å². The Bertz CT molecular complexity index is 2930. The molecule has 4 heterocycles. The first-order valence-electron chi connectivity index (χ1n) is 26.6. The van der Waals surface area contributed by atoms with E-state index in [1.54, 1.807) is 0 Å². The summed E-state index contributed by atoms with van der Waals surface area (Å²) in [5.41, 5.74) is 11.9. The molecule has 388 valence electrons. The number of aromatic hydroxyl groups is 3. The molecule has 7 nitrogen and oxygen atoms in total. The highest BCUT2D eigenvalue weighted by atomic mass is 79.9. The molecule has 0 amide bonds. The van der Waals surface area contributed by atoms with E-state index in [-0.39, 0.29) is 61.9 Å². The van der Waals surface area contributed by atoms with Crippen molar-refractivity contribution < 1.29 is 46.6 Å². The van der Waals surface area contributed by atoms with E-state index in [4.69, 9.17) is 4.74 Å². The van der Waals surface area contributed by atoms with Gasteiger partial charge in [-0.2, -0.15) is 0 Å². The van der Waals surface area contributed by atoms with Crippen LogP contribution in [-0.4, -0.2) is 62.2 Å². The van der Waals surface area contributed by atoms with Gasteiger partial charge in [-0.15, -0.1) is 6.58 Å². The summed E-state index contributed by atoms with van der Waals surface area (Å²) in [5, 5.41) is 51.1. The second kappa shape index (κ2) is 19.8. The molecule has 0 saturated carbocycles. The van der Waals surface area contributed by atoms with Gasteiger partial charge in [-0.05, 0) is 112 Å². The van der Waals surface area contributed by atoms with Crippen molar-refractivity contribution in [1.82, 2.24) is 4.98 Å². The number of piperidine rings is 3. The van der Waals surface area contributed by atoms with Crippen molar-refractivity contribution >= 4 is 10.9 Å². The fourth-order valence-electron chi connectivity index (χ4n) is 12.2. The first kappa shape index (κ1) is 54.1. The van der Waals surface area contributed by atoms with Crippen molar-refractivity contribution in [3.63, 3.8) is 0 Å². The SMILES string of the molecule is C=C[C@H]1C[N+]2(CCOc3c4cc(C(C)(C)C)cc3Cc3cc(C(C)(C)C)cc(c3O)Cc3cc(C(C)(C)C)cc(c3O)Cc3cc(C(C)(C)C)cc(c3O)C4)CC[C@H]1C[C@@H]2[C@@H](O)c1ccnc2ccccc12.[Br-]. The predicted molar refractivity (Wildman–Crippen MR) is 294 cm³/mol. The van der Waals surface area contributed by atoms with Crippen molar-refractivity contribution in [2.45, 2.75) is 155 Å². The van der Waals surface area contributed by atoms with Gasteiger partial charge in [0.1, 0.15) is 48.3 Å². The van der Waals surface area contributed by atoms with E-state index in [0.717, 1.165) is 119 Å². The molecule has 8 heteroatoms. The number of hydrogen-bond acceptors (Lipinski definition) is 6. The van der Waals surface area contributed by atoms with E-state index in [1.165, 1.54) is 0 Å². The van der Waals surface area contributed by atoms with Crippen LogP contribution < -0.4 is 21.7 Å². The summed E-state index contributed by atoms with van der Waals surface area (Å²) < 4.78 is 8.12. The minimum absolute atomic E-state index is 0. The quantitative estimate of drug-likeness (QED) is 0.0937. The van der Waals surface area contributed by atoms with Gasteiger partial charge in [0.15, 0.2) is 0 Å². The van der Waals surface area contributed by atoms with Crippen LogP contribution in [0, 0.1) is 11.8 Å². The summed E-state index contributed by atoms with van der Waals surface area (Å²) in [6.45, 7) is 33.8. The van der Waals surface area contributed by atoms with Gasteiger partial charge in [-0.1, -0.05) is 156 Å². The third-order valence-corrected chi connectivity index (χ3v) is 16.9. The molecule has 4 N–H and O–H groups in total. The van der Waals surface area contributed by atoms with Gasteiger partial charge in [0.25, 0.3) is 0 Å². The van der Waals surface area contributed by atoms with Crippen LogP contribution in [0.15, 0.2) is 97.7 Å². The Labute approximate surface area is 446 Å². The largest absolute Gasteiger partial charge is 1.00 e. The number of fused-ring (bicyclic) bond motifs is 12. The smallest absolute Gasteiger partial charge is 0.137 e. The van der Waals surface area contributed by atoms with Crippen LogP contribution in [0.25, 0.3) is 10.9 Å². The van der Waals surface area contributed by atoms with Crippen molar-refractivity contribution in [2.24, 2.45) is 11.8 Å². The van der Waals surface area contributed by atoms with Crippen molar-refractivity contribution in [2.75, 3.05) is 26.2 Å². The Kier molecular flexibility index (Phi) is 14.7. The Morgan fingerprint density at radius 2 is 1.04 bits per heavy atom. The molecule has 5 aromatic carbocycles. The monoisotopic (exact) mass is 1050 g/mol. The fraction of sp³-hybridized carbons (Fsp3) is 0.462. The van der Waals surface area contributed by atoms with Crippen LogP contribution in [-0.2, 0) is 47.3 Å². The van der Waals surface area contributed by atoms with Crippen LogP contribution >= 0.6 is 0 Å². The normalized spacial score (nSPS) is 20.6. The van der Waals surface area contributed by atoms with Crippen LogP contribution in [0.5, 0.6) is 23.0 Å². The summed E-state index contributed by atoms with van der Waals surface area (Å²) in [5.74, 6) is 2.25. The van der Waals surface area contributed by atoms with Crippen LogP contribution in [0.2, 0.25) is 0 Å². The number of hydrogen-bond donors (Lipinski definition) is 4. The molecule has 0 spiro atoms. The molecule has 6 aromatic rings. The lowest BCUT2D eigenvalue weighted by Gasteiger charge is -2.58. The number of phenols is 3. The Hall–Kier alpha value is -5.15. The van der Waals surface area contributed by atoms with Gasteiger partial charge >= 0.3 is 0 Å². The number of pyridine rings is 1. The number of aliphatic hydroxyl groups is 1. The van der Waals surface area contributed by atoms with Crippen molar-refractivity contribution in [3.05, 3.63) is 170 Å². The maximum Gasteiger partial charge on any atom is 0.137 e. The molecule has 10 bridgehead atoms. The van der Waals surface area contributed by atoms with E-state index in [9.17, 15) is 20.4 Å². The number of ether oxygens (including phenoxy) is 1. The Morgan fingerprint density at radius 3 is 1.47 bits per heavy atom.